The zero-order chi connectivity index (χ0) is 13.3. The minimum Gasteiger partial charge on any atom is -0.496 e. The van der Waals surface area contributed by atoms with Crippen LogP contribution in [-0.4, -0.2) is 12.0 Å². The Morgan fingerprint density at radius 2 is 2.11 bits per heavy atom. The Kier molecular flexibility index (Phi) is 3.06. The number of methoxy groups -OCH3 is 1. The number of furan rings is 1. The standard InChI is InChI=1S/C13H13NO4/c1-8-9(2)18-13-7-12(17-3)10(6-11(8)13)4-5-14(15)16/h4-7H,1-3H3. The maximum atomic E-state index is 10.4. The van der Waals surface area contributed by atoms with Gasteiger partial charge in [0.25, 0.3) is 0 Å². The summed E-state index contributed by atoms with van der Waals surface area (Å²) in [5.74, 6) is 1.39. The van der Waals surface area contributed by atoms with Crippen LogP contribution in [0.2, 0.25) is 0 Å². The van der Waals surface area contributed by atoms with Crippen LogP contribution in [0, 0.1) is 24.0 Å². The van der Waals surface area contributed by atoms with Crippen LogP contribution in [0.3, 0.4) is 0 Å². The lowest BCUT2D eigenvalue weighted by Crippen LogP contribution is -1.88. The molecule has 0 spiro atoms. The third-order valence-corrected chi connectivity index (χ3v) is 2.90. The van der Waals surface area contributed by atoms with Crippen molar-refractivity contribution < 1.29 is 14.1 Å². The number of nitrogens with zero attached hydrogens (tertiary/aromatic N) is 1. The van der Waals surface area contributed by atoms with E-state index < -0.39 is 4.92 Å². The molecule has 0 fully saturated rings. The van der Waals surface area contributed by atoms with Gasteiger partial charge in [0.05, 0.1) is 12.0 Å². The summed E-state index contributed by atoms with van der Waals surface area (Å²) in [5.41, 5.74) is 2.41. The molecule has 0 aliphatic rings. The average Bonchev–Trinajstić information content (AvgIpc) is 2.61. The van der Waals surface area contributed by atoms with Crippen molar-refractivity contribution >= 4 is 17.0 Å². The minimum atomic E-state index is -0.503. The van der Waals surface area contributed by atoms with Crippen LogP contribution in [0.5, 0.6) is 5.75 Å². The van der Waals surface area contributed by atoms with Gasteiger partial charge in [-0.05, 0) is 25.5 Å². The molecule has 0 bridgehead atoms. The van der Waals surface area contributed by atoms with E-state index in [1.807, 2.05) is 19.9 Å². The van der Waals surface area contributed by atoms with Crippen molar-refractivity contribution in [1.82, 2.24) is 0 Å². The first-order valence-electron chi connectivity index (χ1n) is 5.42. The summed E-state index contributed by atoms with van der Waals surface area (Å²) < 4.78 is 10.8. The SMILES string of the molecule is COc1cc2oc(C)c(C)c2cc1C=C[N+](=O)[O-]. The Balaban J connectivity index is 2.63. The predicted molar refractivity (Wildman–Crippen MR) is 68.3 cm³/mol. The first-order chi connectivity index (χ1) is 8.52. The fraction of sp³-hybridized carbons (Fsp3) is 0.231. The number of benzene rings is 1. The van der Waals surface area contributed by atoms with Crippen LogP contribution < -0.4 is 4.74 Å². The summed E-state index contributed by atoms with van der Waals surface area (Å²) >= 11 is 0. The molecule has 0 aliphatic heterocycles. The van der Waals surface area contributed by atoms with E-state index in [0.29, 0.717) is 11.3 Å². The fourth-order valence-corrected chi connectivity index (χ4v) is 1.83. The van der Waals surface area contributed by atoms with E-state index in [-0.39, 0.29) is 0 Å². The number of rotatable bonds is 3. The van der Waals surface area contributed by atoms with Crippen LogP contribution >= 0.6 is 0 Å². The molecular formula is C13H13NO4. The fourth-order valence-electron chi connectivity index (χ4n) is 1.83. The minimum absolute atomic E-state index is 0.503. The quantitative estimate of drug-likeness (QED) is 0.616. The van der Waals surface area contributed by atoms with Crippen molar-refractivity contribution in [3.05, 3.63) is 45.3 Å². The number of hydrogen-bond donors (Lipinski definition) is 0. The zero-order valence-electron chi connectivity index (χ0n) is 10.4. The van der Waals surface area contributed by atoms with Gasteiger partial charge in [-0.15, -0.1) is 0 Å². The van der Waals surface area contributed by atoms with Crippen LogP contribution in [0.15, 0.2) is 22.7 Å². The third-order valence-electron chi connectivity index (χ3n) is 2.90. The summed E-state index contributed by atoms with van der Waals surface area (Å²) in [5, 5.41) is 11.3. The average molecular weight is 247 g/mol. The third kappa shape index (κ3) is 2.07. The normalized spacial score (nSPS) is 11.3. The highest BCUT2D eigenvalue weighted by atomic mass is 16.6. The molecule has 2 aromatic rings. The molecule has 0 radical (unpaired) electrons. The maximum absolute atomic E-state index is 10.4. The molecule has 0 saturated carbocycles. The topological polar surface area (TPSA) is 65.5 Å². The molecule has 2 rings (SSSR count). The van der Waals surface area contributed by atoms with E-state index in [4.69, 9.17) is 9.15 Å². The van der Waals surface area contributed by atoms with Crippen molar-refractivity contribution in [2.24, 2.45) is 0 Å². The monoisotopic (exact) mass is 247 g/mol. The number of aryl methyl sites for hydroxylation is 2. The van der Waals surface area contributed by atoms with Crippen LogP contribution in [0.1, 0.15) is 16.9 Å². The second-order valence-corrected chi connectivity index (χ2v) is 3.97. The van der Waals surface area contributed by atoms with Crippen molar-refractivity contribution in [3.63, 3.8) is 0 Å². The Labute approximate surface area is 104 Å². The molecule has 94 valence electrons. The smallest absolute Gasteiger partial charge is 0.235 e. The van der Waals surface area contributed by atoms with Gasteiger partial charge in [0, 0.05) is 23.1 Å². The molecule has 0 unspecified atom stereocenters. The molecule has 5 heteroatoms. The van der Waals surface area contributed by atoms with E-state index >= 15 is 0 Å². The second-order valence-electron chi connectivity index (χ2n) is 3.97. The van der Waals surface area contributed by atoms with Crippen LogP contribution in [0.4, 0.5) is 0 Å². The van der Waals surface area contributed by atoms with Gasteiger partial charge in [-0.3, -0.25) is 10.1 Å². The van der Waals surface area contributed by atoms with Gasteiger partial charge in [-0.1, -0.05) is 0 Å². The van der Waals surface area contributed by atoms with Crippen molar-refractivity contribution in [2.75, 3.05) is 7.11 Å². The van der Waals surface area contributed by atoms with Crippen LogP contribution in [-0.2, 0) is 0 Å². The summed E-state index contributed by atoms with van der Waals surface area (Å²) in [6.07, 6.45) is 2.31. The molecule has 0 N–H and O–H groups in total. The molecule has 0 aliphatic carbocycles. The zero-order valence-corrected chi connectivity index (χ0v) is 10.4. The lowest BCUT2D eigenvalue weighted by Gasteiger charge is -2.03. The van der Waals surface area contributed by atoms with E-state index in [1.54, 1.807) is 6.07 Å². The van der Waals surface area contributed by atoms with Gasteiger partial charge in [0.15, 0.2) is 0 Å². The summed E-state index contributed by atoms with van der Waals surface area (Å²) in [6, 6.07) is 3.58. The Hall–Kier alpha value is -2.30. The maximum Gasteiger partial charge on any atom is 0.235 e. The van der Waals surface area contributed by atoms with Gasteiger partial charge in [0.1, 0.15) is 17.1 Å². The Morgan fingerprint density at radius 1 is 1.39 bits per heavy atom. The van der Waals surface area contributed by atoms with Gasteiger partial charge >= 0.3 is 0 Å². The molecule has 1 aromatic heterocycles. The molecule has 18 heavy (non-hydrogen) atoms. The van der Waals surface area contributed by atoms with E-state index in [1.165, 1.54) is 13.2 Å². The highest BCUT2D eigenvalue weighted by Gasteiger charge is 2.11. The summed E-state index contributed by atoms with van der Waals surface area (Å²) in [6.45, 7) is 3.84. The summed E-state index contributed by atoms with van der Waals surface area (Å²) in [4.78, 5) is 9.86. The molecule has 1 heterocycles. The number of fused-ring (bicyclic) bond motifs is 1. The van der Waals surface area contributed by atoms with Crippen molar-refractivity contribution in [2.45, 2.75) is 13.8 Å². The van der Waals surface area contributed by atoms with E-state index in [0.717, 1.165) is 28.5 Å². The number of nitro groups is 1. The van der Waals surface area contributed by atoms with Gasteiger partial charge in [-0.2, -0.15) is 0 Å². The lowest BCUT2D eigenvalue weighted by molar-refractivity contribution is -0.400. The molecule has 0 saturated heterocycles. The molecule has 0 amide bonds. The molecule has 5 nitrogen and oxygen atoms in total. The van der Waals surface area contributed by atoms with Crippen molar-refractivity contribution in [3.8, 4) is 5.75 Å². The van der Waals surface area contributed by atoms with Crippen LogP contribution in [0.25, 0.3) is 17.0 Å². The van der Waals surface area contributed by atoms with E-state index in [2.05, 4.69) is 0 Å². The van der Waals surface area contributed by atoms with Crippen molar-refractivity contribution in [1.29, 1.82) is 0 Å². The highest BCUT2D eigenvalue weighted by Crippen LogP contribution is 2.32. The highest BCUT2D eigenvalue weighted by molar-refractivity contribution is 5.86. The molecule has 1 aromatic carbocycles. The molecule has 0 atom stereocenters. The largest absolute Gasteiger partial charge is 0.496 e. The summed E-state index contributed by atoms with van der Waals surface area (Å²) in [7, 11) is 1.52. The predicted octanol–water partition coefficient (Wildman–Crippen LogP) is 3.31. The number of hydrogen-bond acceptors (Lipinski definition) is 4. The first kappa shape index (κ1) is 12.2. The van der Waals surface area contributed by atoms with Gasteiger partial charge < -0.3 is 9.15 Å². The van der Waals surface area contributed by atoms with Gasteiger partial charge in [-0.25, -0.2) is 0 Å². The Bertz CT molecular complexity index is 640. The van der Waals surface area contributed by atoms with E-state index in [9.17, 15) is 10.1 Å². The molecular weight excluding hydrogens is 234 g/mol. The Morgan fingerprint density at radius 3 is 2.72 bits per heavy atom. The first-order valence-corrected chi connectivity index (χ1v) is 5.42. The lowest BCUT2D eigenvalue weighted by atomic mass is 10.1. The number of ether oxygens (including phenoxy) is 1. The van der Waals surface area contributed by atoms with Gasteiger partial charge in [0.2, 0.25) is 6.20 Å². The second kappa shape index (κ2) is 4.52.